The number of likely N-dealkylation sites (tertiary alicyclic amines) is 1. The Morgan fingerprint density at radius 1 is 1.24 bits per heavy atom. The highest BCUT2D eigenvalue weighted by Crippen LogP contribution is 2.30. The van der Waals surface area contributed by atoms with Gasteiger partial charge in [-0.1, -0.05) is 0 Å². The molecule has 1 aromatic rings. The molecule has 1 amide bonds. The van der Waals surface area contributed by atoms with Gasteiger partial charge >= 0.3 is 12.4 Å². The Balaban J connectivity index is 2.20. The maximum Gasteiger partial charge on any atom is 0.433 e. The lowest BCUT2D eigenvalue weighted by Crippen LogP contribution is -2.39. The summed E-state index contributed by atoms with van der Waals surface area (Å²) in [6.07, 6.45) is -9.27. The van der Waals surface area contributed by atoms with Gasteiger partial charge in [-0.3, -0.25) is 4.79 Å². The first-order valence-electron chi connectivity index (χ1n) is 7.12. The van der Waals surface area contributed by atoms with Gasteiger partial charge in [-0.2, -0.15) is 31.3 Å². The molecular weight excluding hydrogens is 356 g/mol. The molecule has 1 unspecified atom stereocenters. The van der Waals surface area contributed by atoms with Gasteiger partial charge in [0.15, 0.2) is 5.69 Å². The van der Waals surface area contributed by atoms with Gasteiger partial charge in [-0.05, 0) is 6.42 Å². The van der Waals surface area contributed by atoms with E-state index in [9.17, 15) is 31.1 Å². The molecule has 12 heteroatoms. The number of rotatable bonds is 4. The van der Waals surface area contributed by atoms with Crippen molar-refractivity contribution in [3.8, 4) is 0 Å². The Morgan fingerprint density at radius 2 is 1.88 bits per heavy atom. The molecule has 2 heterocycles. The number of halogens is 6. The third-order valence-corrected chi connectivity index (χ3v) is 3.43. The third-order valence-electron chi connectivity index (χ3n) is 3.43. The van der Waals surface area contributed by atoms with Crippen LogP contribution in [0.4, 0.5) is 38.1 Å². The number of nitrogens with one attached hydrogen (secondary N) is 1. The number of alkyl halides is 6. The molecule has 0 radical (unpaired) electrons. The van der Waals surface area contributed by atoms with Crippen molar-refractivity contribution in [3.05, 3.63) is 11.8 Å². The van der Waals surface area contributed by atoms with Crippen LogP contribution in [0.3, 0.4) is 0 Å². The number of carbonyl (C=O) groups is 1. The summed E-state index contributed by atoms with van der Waals surface area (Å²) in [6, 6.07) is -0.377. The Hall–Kier alpha value is -2.27. The number of carbonyl (C=O) groups excluding carboxylic acids is 1. The van der Waals surface area contributed by atoms with Crippen LogP contribution in [0.2, 0.25) is 0 Å². The monoisotopic (exact) mass is 371 g/mol. The molecule has 2 rings (SSSR count). The Bertz CT molecular complexity index is 645. The molecule has 25 heavy (non-hydrogen) atoms. The molecule has 0 aliphatic carbocycles. The Kier molecular flexibility index (Phi) is 5.00. The lowest BCUT2D eigenvalue weighted by atomic mass is 10.2. The molecule has 6 nitrogen and oxygen atoms in total. The van der Waals surface area contributed by atoms with E-state index in [1.165, 1.54) is 19.0 Å². The second-order valence-electron chi connectivity index (χ2n) is 5.69. The summed E-state index contributed by atoms with van der Waals surface area (Å²) < 4.78 is 75.9. The number of aromatic nitrogens is 2. The van der Waals surface area contributed by atoms with E-state index in [2.05, 4.69) is 15.3 Å². The summed E-state index contributed by atoms with van der Waals surface area (Å²) in [5.41, 5.74) is -1.22. The van der Waals surface area contributed by atoms with Gasteiger partial charge in [-0.15, -0.1) is 0 Å². The smallest absolute Gasteiger partial charge is 0.363 e. The fourth-order valence-corrected chi connectivity index (χ4v) is 2.28. The van der Waals surface area contributed by atoms with Crippen LogP contribution in [0.25, 0.3) is 0 Å². The zero-order valence-corrected chi connectivity index (χ0v) is 13.2. The van der Waals surface area contributed by atoms with E-state index in [1.807, 2.05) is 0 Å². The summed E-state index contributed by atoms with van der Waals surface area (Å²) in [5, 5.41) is 2.41. The third kappa shape index (κ3) is 4.86. The minimum Gasteiger partial charge on any atom is -0.363 e. The predicted octanol–water partition coefficient (Wildman–Crippen LogP) is 2.14. The molecule has 1 fully saturated rings. The number of hydrogen-bond acceptors (Lipinski definition) is 5. The molecule has 1 atom stereocenters. The molecule has 1 aliphatic heterocycles. The standard InChI is InChI=1S/C13H15F6N5O/c1-23(2)9-5-8(13(17,18)19)21-11(22-9)20-7-3-4-24(10(7)25)6-12(14,15)16/h5,7H,3-4,6H2,1-2H3,(H,20,21,22). The lowest BCUT2D eigenvalue weighted by molar-refractivity contribution is -0.157. The van der Waals surface area contributed by atoms with Gasteiger partial charge in [0.1, 0.15) is 18.4 Å². The minimum absolute atomic E-state index is 0.00577. The second kappa shape index (κ2) is 6.56. The summed E-state index contributed by atoms with van der Waals surface area (Å²) >= 11 is 0. The summed E-state index contributed by atoms with van der Waals surface area (Å²) in [5.74, 6) is -1.38. The van der Waals surface area contributed by atoms with Gasteiger partial charge in [0.05, 0.1) is 0 Å². The van der Waals surface area contributed by atoms with Crippen molar-refractivity contribution in [1.29, 1.82) is 0 Å². The molecule has 1 N–H and O–H groups in total. The predicted molar refractivity (Wildman–Crippen MR) is 76.0 cm³/mol. The van der Waals surface area contributed by atoms with Crippen molar-refractivity contribution in [2.45, 2.75) is 24.8 Å². The highest BCUT2D eigenvalue weighted by atomic mass is 19.4. The Labute approximate surface area is 138 Å². The molecule has 0 saturated carbocycles. The zero-order valence-electron chi connectivity index (χ0n) is 13.2. The van der Waals surface area contributed by atoms with Gasteiger partial charge in [-0.25, -0.2) is 4.98 Å². The van der Waals surface area contributed by atoms with E-state index in [-0.39, 0.29) is 18.8 Å². The maximum absolute atomic E-state index is 12.9. The number of hydrogen-bond donors (Lipinski definition) is 1. The van der Waals surface area contributed by atoms with Gasteiger partial charge in [0.2, 0.25) is 11.9 Å². The first kappa shape index (κ1) is 19.1. The highest BCUT2D eigenvalue weighted by Gasteiger charge is 2.40. The second-order valence-corrected chi connectivity index (χ2v) is 5.69. The highest BCUT2D eigenvalue weighted by molar-refractivity contribution is 5.86. The lowest BCUT2D eigenvalue weighted by Gasteiger charge is -2.19. The van der Waals surface area contributed by atoms with E-state index in [0.717, 1.165) is 6.07 Å². The molecular formula is C13H15F6N5O. The van der Waals surface area contributed by atoms with Crippen molar-refractivity contribution < 1.29 is 31.1 Å². The minimum atomic E-state index is -4.73. The number of anilines is 2. The van der Waals surface area contributed by atoms with Crippen molar-refractivity contribution in [3.63, 3.8) is 0 Å². The molecule has 1 aromatic heterocycles. The fraction of sp³-hybridized carbons (Fsp3) is 0.615. The fourth-order valence-electron chi connectivity index (χ4n) is 2.28. The number of nitrogens with zero attached hydrogens (tertiary/aromatic N) is 4. The maximum atomic E-state index is 12.9. The molecule has 140 valence electrons. The molecule has 0 aromatic carbocycles. The topological polar surface area (TPSA) is 61.4 Å². The van der Waals surface area contributed by atoms with Gasteiger partial charge in [0, 0.05) is 26.7 Å². The van der Waals surface area contributed by atoms with Crippen LogP contribution < -0.4 is 10.2 Å². The van der Waals surface area contributed by atoms with Gasteiger partial charge < -0.3 is 15.1 Å². The van der Waals surface area contributed by atoms with Crippen LogP contribution in [0.1, 0.15) is 12.1 Å². The quantitative estimate of drug-likeness (QED) is 0.822. The van der Waals surface area contributed by atoms with E-state index in [0.29, 0.717) is 4.90 Å². The summed E-state index contributed by atoms with van der Waals surface area (Å²) in [6.45, 7) is -1.56. The SMILES string of the molecule is CN(C)c1cc(C(F)(F)F)nc(NC2CCN(CC(F)(F)F)C2=O)n1. The van der Waals surface area contributed by atoms with Crippen LogP contribution in [-0.4, -0.2) is 60.2 Å². The first-order valence-corrected chi connectivity index (χ1v) is 7.12. The van der Waals surface area contributed by atoms with Crippen LogP contribution in [0, 0.1) is 0 Å². The number of amides is 1. The van der Waals surface area contributed by atoms with Crippen LogP contribution in [0.15, 0.2) is 6.07 Å². The average molecular weight is 371 g/mol. The van der Waals surface area contributed by atoms with E-state index >= 15 is 0 Å². The van der Waals surface area contributed by atoms with Crippen molar-refractivity contribution in [2.24, 2.45) is 0 Å². The van der Waals surface area contributed by atoms with E-state index in [1.54, 1.807) is 0 Å². The molecule has 0 bridgehead atoms. The summed E-state index contributed by atoms with van der Waals surface area (Å²) in [4.78, 5) is 21.0. The van der Waals surface area contributed by atoms with Gasteiger partial charge in [0.25, 0.3) is 0 Å². The van der Waals surface area contributed by atoms with Crippen molar-refractivity contribution in [2.75, 3.05) is 37.4 Å². The zero-order chi connectivity index (χ0) is 19.0. The van der Waals surface area contributed by atoms with E-state index < -0.39 is 42.5 Å². The average Bonchev–Trinajstić information content (AvgIpc) is 2.77. The summed E-state index contributed by atoms with van der Waals surface area (Å²) in [7, 11) is 2.94. The van der Waals surface area contributed by atoms with Crippen molar-refractivity contribution >= 4 is 17.7 Å². The Morgan fingerprint density at radius 3 is 2.40 bits per heavy atom. The molecule has 0 spiro atoms. The first-order chi connectivity index (χ1) is 11.4. The largest absolute Gasteiger partial charge is 0.433 e. The van der Waals surface area contributed by atoms with Crippen LogP contribution >= 0.6 is 0 Å². The van der Waals surface area contributed by atoms with Crippen LogP contribution in [-0.2, 0) is 11.0 Å². The van der Waals surface area contributed by atoms with Crippen LogP contribution in [0.5, 0.6) is 0 Å². The van der Waals surface area contributed by atoms with Crippen molar-refractivity contribution in [1.82, 2.24) is 14.9 Å². The van der Waals surface area contributed by atoms with E-state index in [4.69, 9.17) is 0 Å². The molecule has 1 aliphatic rings. The normalized spacial score (nSPS) is 18.6. The molecule has 1 saturated heterocycles.